The van der Waals surface area contributed by atoms with E-state index >= 15 is 0 Å². The number of nitrogen functional groups attached to an aromatic ring is 1. The zero-order valence-corrected chi connectivity index (χ0v) is 11.9. The van der Waals surface area contributed by atoms with E-state index < -0.39 is 0 Å². The van der Waals surface area contributed by atoms with Crippen LogP contribution < -0.4 is 16.4 Å². The van der Waals surface area contributed by atoms with Gasteiger partial charge in [-0.1, -0.05) is 18.3 Å². The van der Waals surface area contributed by atoms with E-state index in [2.05, 4.69) is 28.8 Å². The highest BCUT2D eigenvalue weighted by atomic mass is 32.2. The van der Waals surface area contributed by atoms with Crippen LogP contribution in [0.4, 0.5) is 10.9 Å². The number of carbonyl (C=O) groups excluding carboxylic acids is 1. The molecule has 1 unspecified atom stereocenters. The second-order valence-corrected chi connectivity index (χ2v) is 5.85. The van der Waals surface area contributed by atoms with E-state index in [0.29, 0.717) is 21.8 Å². The maximum absolute atomic E-state index is 11.8. The first-order chi connectivity index (χ1) is 8.08. The maximum Gasteiger partial charge on any atom is 0.265 e. The molecule has 1 aromatic heterocycles. The van der Waals surface area contributed by atoms with Crippen molar-refractivity contribution >= 4 is 40.0 Å². The summed E-state index contributed by atoms with van der Waals surface area (Å²) in [7, 11) is 1.75. The van der Waals surface area contributed by atoms with Gasteiger partial charge in [0.2, 0.25) is 0 Å². The molecule has 96 valence electrons. The summed E-state index contributed by atoms with van der Waals surface area (Å²) in [5.74, 6) is 0.143. The van der Waals surface area contributed by atoms with E-state index in [0.717, 1.165) is 6.42 Å². The molecule has 1 amide bonds. The number of carbonyl (C=O) groups is 1. The molecule has 0 radical (unpaired) electrons. The number of nitrogens with zero attached hydrogens (tertiary/aromatic N) is 1. The zero-order chi connectivity index (χ0) is 12.8. The molecule has 1 aromatic rings. The fraction of sp³-hybridized carbons (Fsp3) is 0.600. The van der Waals surface area contributed by atoms with Crippen LogP contribution in [0.5, 0.6) is 0 Å². The van der Waals surface area contributed by atoms with Gasteiger partial charge in [-0.05, 0) is 12.7 Å². The van der Waals surface area contributed by atoms with Crippen molar-refractivity contribution in [2.45, 2.75) is 18.6 Å². The third-order valence-electron chi connectivity index (χ3n) is 2.31. The molecular weight excluding hydrogens is 256 g/mol. The summed E-state index contributed by atoms with van der Waals surface area (Å²) in [5.41, 5.74) is 5.67. The molecule has 0 fully saturated rings. The quantitative estimate of drug-likeness (QED) is 0.735. The van der Waals surface area contributed by atoms with Crippen LogP contribution in [0.1, 0.15) is 23.0 Å². The molecule has 0 aromatic carbocycles. The Morgan fingerprint density at radius 3 is 2.88 bits per heavy atom. The zero-order valence-electron chi connectivity index (χ0n) is 10.2. The van der Waals surface area contributed by atoms with Gasteiger partial charge < -0.3 is 16.4 Å². The molecule has 17 heavy (non-hydrogen) atoms. The monoisotopic (exact) mass is 274 g/mol. The van der Waals surface area contributed by atoms with Gasteiger partial charge in [0.25, 0.3) is 5.91 Å². The van der Waals surface area contributed by atoms with Crippen LogP contribution in [-0.4, -0.2) is 36.0 Å². The number of thiazole rings is 1. The number of aromatic nitrogens is 1. The van der Waals surface area contributed by atoms with Crippen molar-refractivity contribution in [2.75, 3.05) is 30.9 Å². The fourth-order valence-electron chi connectivity index (χ4n) is 1.19. The molecule has 0 spiro atoms. The highest BCUT2D eigenvalue weighted by Gasteiger charge is 2.15. The van der Waals surface area contributed by atoms with Gasteiger partial charge in [0.15, 0.2) is 5.13 Å². The second-order valence-electron chi connectivity index (χ2n) is 3.57. The second kappa shape index (κ2) is 6.70. The van der Waals surface area contributed by atoms with Gasteiger partial charge in [-0.2, -0.15) is 11.8 Å². The first kappa shape index (κ1) is 14.1. The molecular formula is C10H18N4OS2. The minimum absolute atomic E-state index is 0.144. The molecule has 0 aliphatic carbocycles. The Hall–Kier alpha value is -0.950. The molecule has 0 saturated carbocycles. The minimum Gasteiger partial charge on any atom is -0.382 e. The predicted octanol–water partition coefficient (Wildman–Crippen LogP) is 1.64. The minimum atomic E-state index is -0.144. The Morgan fingerprint density at radius 2 is 2.35 bits per heavy atom. The number of thioether (sulfide) groups is 1. The molecule has 7 heteroatoms. The standard InChI is InChI=1S/C10H18N4OS2/c1-6(16-3)4-5-13-9(15)7-8(11)14-10(12-2)17-7/h6H,4-5,11H2,1-3H3,(H,12,14)(H,13,15). The molecule has 0 saturated heterocycles. The van der Waals surface area contributed by atoms with Crippen LogP contribution in [0.3, 0.4) is 0 Å². The van der Waals surface area contributed by atoms with Crippen LogP contribution in [0, 0.1) is 0 Å². The molecule has 1 rings (SSSR count). The van der Waals surface area contributed by atoms with Gasteiger partial charge in [-0.15, -0.1) is 0 Å². The van der Waals surface area contributed by atoms with Crippen molar-refractivity contribution in [3.05, 3.63) is 4.88 Å². The number of nitrogens with one attached hydrogen (secondary N) is 2. The van der Waals surface area contributed by atoms with E-state index in [9.17, 15) is 4.79 Å². The molecule has 0 aliphatic heterocycles. The SMILES string of the molecule is CNc1nc(N)c(C(=O)NCCC(C)SC)s1. The van der Waals surface area contributed by atoms with E-state index in [1.807, 2.05) is 0 Å². The Morgan fingerprint density at radius 1 is 1.65 bits per heavy atom. The van der Waals surface area contributed by atoms with Crippen molar-refractivity contribution < 1.29 is 4.79 Å². The topological polar surface area (TPSA) is 80.0 Å². The third kappa shape index (κ3) is 4.08. The predicted molar refractivity (Wildman–Crippen MR) is 76.0 cm³/mol. The lowest BCUT2D eigenvalue weighted by Crippen LogP contribution is -2.25. The number of nitrogens with two attached hydrogens (primary N) is 1. The van der Waals surface area contributed by atoms with Crippen LogP contribution >= 0.6 is 23.1 Å². The highest BCUT2D eigenvalue weighted by Crippen LogP contribution is 2.24. The molecule has 0 bridgehead atoms. The lowest BCUT2D eigenvalue weighted by atomic mass is 10.3. The molecule has 5 nitrogen and oxygen atoms in total. The number of amides is 1. The molecule has 4 N–H and O–H groups in total. The first-order valence-electron chi connectivity index (χ1n) is 5.33. The summed E-state index contributed by atoms with van der Waals surface area (Å²) < 4.78 is 0. The van der Waals surface area contributed by atoms with Gasteiger partial charge in [-0.25, -0.2) is 4.98 Å². The average Bonchev–Trinajstić information content (AvgIpc) is 2.70. The number of hydrogen-bond donors (Lipinski definition) is 3. The summed E-state index contributed by atoms with van der Waals surface area (Å²) in [6.45, 7) is 2.80. The normalized spacial score (nSPS) is 12.2. The largest absolute Gasteiger partial charge is 0.382 e. The molecule has 1 atom stereocenters. The van der Waals surface area contributed by atoms with E-state index in [-0.39, 0.29) is 11.7 Å². The van der Waals surface area contributed by atoms with E-state index in [1.165, 1.54) is 11.3 Å². The summed E-state index contributed by atoms with van der Waals surface area (Å²) in [4.78, 5) is 16.3. The number of rotatable bonds is 6. The Bertz CT molecular complexity index is 380. The van der Waals surface area contributed by atoms with Crippen molar-refractivity contribution in [1.82, 2.24) is 10.3 Å². The highest BCUT2D eigenvalue weighted by molar-refractivity contribution is 7.99. The van der Waals surface area contributed by atoms with Gasteiger partial charge in [-0.3, -0.25) is 4.79 Å². The van der Waals surface area contributed by atoms with Crippen LogP contribution in [0.2, 0.25) is 0 Å². The lowest BCUT2D eigenvalue weighted by molar-refractivity contribution is 0.0958. The lowest BCUT2D eigenvalue weighted by Gasteiger charge is -2.08. The van der Waals surface area contributed by atoms with Crippen molar-refractivity contribution in [2.24, 2.45) is 0 Å². The fourth-order valence-corrected chi connectivity index (χ4v) is 2.30. The number of anilines is 2. The van der Waals surface area contributed by atoms with E-state index in [1.54, 1.807) is 18.8 Å². The smallest absolute Gasteiger partial charge is 0.265 e. The Balaban J connectivity index is 2.49. The summed E-state index contributed by atoms with van der Waals surface area (Å²) in [5, 5.41) is 6.92. The first-order valence-corrected chi connectivity index (χ1v) is 7.44. The van der Waals surface area contributed by atoms with Gasteiger partial charge in [0.05, 0.1) is 0 Å². The van der Waals surface area contributed by atoms with Crippen molar-refractivity contribution in [3.8, 4) is 0 Å². The third-order valence-corrected chi connectivity index (χ3v) is 4.44. The van der Waals surface area contributed by atoms with Crippen molar-refractivity contribution in [1.29, 1.82) is 0 Å². The molecule has 1 heterocycles. The van der Waals surface area contributed by atoms with Crippen LogP contribution in [0.15, 0.2) is 0 Å². The maximum atomic E-state index is 11.8. The molecule has 0 aliphatic rings. The van der Waals surface area contributed by atoms with Gasteiger partial charge >= 0.3 is 0 Å². The summed E-state index contributed by atoms with van der Waals surface area (Å²) in [6, 6.07) is 0. The summed E-state index contributed by atoms with van der Waals surface area (Å²) in [6.07, 6.45) is 3.01. The van der Waals surface area contributed by atoms with Crippen LogP contribution in [0.25, 0.3) is 0 Å². The van der Waals surface area contributed by atoms with Gasteiger partial charge in [0, 0.05) is 18.8 Å². The van der Waals surface area contributed by atoms with Crippen LogP contribution in [-0.2, 0) is 0 Å². The number of hydrogen-bond acceptors (Lipinski definition) is 6. The van der Waals surface area contributed by atoms with Gasteiger partial charge in [0.1, 0.15) is 10.7 Å². The average molecular weight is 274 g/mol. The Kier molecular flexibility index (Phi) is 5.57. The summed E-state index contributed by atoms with van der Waals surface area (Å²) >= 11 is 3.06. The Labute approximate surface area is 110 Å². The van der Waals surface area contributed by atoms with E-state index in [4.69, 9.17) is 5.73 Å². The van der Waals surface area contributed by atoms with Crippen molar-refractivity contribution in [3.63, 3.8) is 0 Å².